The van der Waals surface area contributed by atoms with Gasteiger partial charge in [0, 0.05) is 50.2 Å². The lowest BCUT2D eigenvalue weighted by molar-refractivity contribution is 0.0741. The van der Waals surface area contributed by atoms with Gasteiger partial charge >= 0.3 is 0 Å². The van der Waals surface area contributed by atoms with Crippen molar-refractivity contribution in [3.63, 3.8) is 0 Å². The monoisotopic (exact) mass is 398 g/mol. The van der Waals surface area contributed by atoms with E-state index in [-0.39, 0.29) is 23.3 Å². The predicted molar refractivity (Wildman–Crippen MR) is 111 cm³/mol. The van der Waals surface area contributed by atoms with Gasteiger partial charge in [0.25, 0.3) is 11.8 Å². The van der Waals surface area contributed by atoms with Crippen LogP contribution in [0.4, 0.5) is 10.1 Å². The van der Waals surface area contributed by atoms with Crippen molar-refractivity contribution in [3.8, 4) is 0 Å². The minimum Gasteiger partial charge on any atom is -0.368 e. The molecule has 0 atom stereocenters. The van der Waals surface area contributed by atoms with Crippen molar-refractivity contribution in [2.24, 2.45) is 5.92 Å². The van der Waals surface area contributed by atoms with Crippen molar-refractivity contribution in [1.82, 2.24) is 15.2 Å². The van der Waals surface area contributed by atoms with Crippen LogP contribution >= 0.6 is 0 Å². The van der Waals surface area contributed by atoms with Crippen LogP contribution in [-0.2, 0) is 0 Å². The summed E-state index contributed by atoms with van der Waals surface area (Å²) in [6.07, 6.45) is 2.40. The first kappa shape index (κ1) is 20.8. The molecule has 154 valence electrons. The zero-order valence-corrected chi connectivity index (χ0v) is 16.9. The van der Waals surface area contributed by atoms with Gasteiger partial charge < -0.3 is 15.1 Å². The Kier molecular flexibility index (Phi) is 6.80. The molecular formula is C22H27FN4O2. The van der Waals surface area contributed by atoms with E-state index < -0.39 is 0 Å². The second-order valence-electron chi connectivity index (χ2n) is 7.62. The number of piperazine rings is 1. The maximum Gasteiger partial charge on any atom is 0.272 e. The Morgan fingerprint density at radius 2 is 1.79 bits per heavy atom. The number of nitrogens with one attached hydrogen (secondary N) is 1. The summed E-state index contributed by atoms with van der Waals surface area (Å²) in [4.78, 5) is 33.2. The quantitative estimate of drug-likeness (QED) is 0.813. The van der Waals surface area contributed by atoms with E-state index in [1.807, 2.05) is 0 Å². The standard InChI is InChI=1S/C22H27FN4O2/c1-16(2)7-9-25-21(28)17-8-10-24-20(15-17)22(29)27-13-11-26(12-14-27)19-5-3-18(23)4-6-19/h3-6,8,10,15-16H,7,9,11-14H2,1-2H3,(H,25,28). The summed E-state index contributed by atoms with van der Waals surface area (Å²) in [5.41, 5.74) is 1.66. The maximum atomic E-state index is 13.1. The molecular weight excluding hydrogens is 371 g/mol. The molecule has 1 aromatic heterocycles. The highest BCUT2D eigenvalue weighted by atomic mass is 19.1. The van der Waals surface area contributed by atoms with Crippen molar-refractivity contribution >= 4 is 17.5 Å². The van der Waals surface area contributed by atoms with Crippen LogP contribution in [0.5, 0.6) is 0 Å². The highest BCUT2D eigenvalue weighted by molar-refractivity contribution is 5.98. The van der Waals surface area contributed by atoms with Crippen LogP contribution in [0.2, 0.25) is 0 Å². The normalized spacial score (nSPS) is 14.2. The molecule has 1 N–H and O–H groups in total. The van der Waals surface area contributed by atoms with Gasteiger partial charge in [-0.05, 0) is 48.7 Å². The average Bonchev–Trinajstić information content (AvgIpc) is 2.73. The molecule has 3 rings (SSSR count). The van der Waals surface area contributed by atoms with E-state index in [2.05, 4.69) is 29.0 Å². The van der Waals surface area contributed by atoms with Crippen molar-refractivity contribution < 1.29 is 14.0 Å². The molecule has 0 spiro atoms. The van der Waals surface area contributed by atoms with Gasteiger partial charge in [-0.2, -0.15) is 0 Å². The summed E-state index contributed by atoms with van der Waals surface area (Å²) < 4.78 is 13.1. The van der Waals surface area contributed by atoms with Crippen LogP contribution in [-0.4, -0.2) is 54.4 Å². The van der Waals surface area contributed by atoms with E-state index in [1.54, 1.807) is 29.2 Å². The first-order chi connectivity index (χ1) is 13.9. The Balaban J connectivity index is 1.58. The minimum atomic E-state index is -0.262. The Bertz CT molecular complexity index is 846. The largest absolute Gasteiger partial charge is 0.368 e. The van der Waals surface area contributed by atoms with Crippen LogP contribution in [0.25, 0.3) is 0 Å². The number of nitrogens with zero attached hydrogens (tertiary/aromatic N) is 3. The number of anilines is 1. The highest BCUT2D eigenvalue weighted by Gasteiger charge is 2.23. The lowest BCUT2D eigenvalue weighted by Gasteiger charge is -2.36. The molecule has 1 saturated heterocycles. The predicted octanol–water partition coefficient (Wildman–Crippen LogP) is 2.96. The second-order valence-corrected chi connectivity index (χ2v) is 7.62. The third kappa shape index (κ3) is 5.53. The van der Waals surface area contributed by atoms with Gasteiger partial charge in [0.05, 0.1) is 0 Å². The summed E-state index contributed by atoms with van der Waals surface area (Å²) in [6.45, 7) is 7.22. The van der Waals surface area contributed by atoms with E-state index in [4.69, 9.17) is 0 Å². The lowest BCUT2D eigenvalue weighted by Crippen LogP contribution is -2.49. The number of rotatable bonds is 6. The van der Waals surface area contributed by atoms with Crippen molar-refractivity contribution in [2.45, 2.75) is 20.3 Å². The summed E-state index contributed by atoms with van der Waals surface area (Å²) in [6, 6.07) is 9.54. The smallest absolute Gasteiger partial charge is 0.272 e. The number of aromatic nitrogens is 1. The van der Waals surface area contributed by atoms with Gasteiger partial charge in [0.2, 0.25) is 0 Å². The number of carbonyl (C=O) groups excluding carboxylic acids is 2. The van der Waals surface area contributed by atoms with E-state index in [0.717, 1.165) is 12.1 Å². The summed E-state index contributed by atoms with van der Waals surface area (Å²) in [5, 5.41) is 2.88. The van der Waals surface area contributed by atoms with Crippen molar-refractivity contribution in [3.05, 3.63) is 59.7 Å². The third-order valence-corrected chi connectivity index (χ3v) is 5.01. The summed E-state index contributed by atoms with van der Waals surface area (Å²) >= 11 is 0. The minimum absolute atomic E-state index is 0.180. The van der Waals surface area contributed by atoms with Gasteiger partial charge in [-0.15, -0.1) is 0 Å². The molecule has 0 saturated carbocycles. The topological polar surface area (TPSA) is 65.5 Å². The number of halogens is 1. The van der Waals surface area contributed by atoms with Gasteiger partial charge in [-0.1, -0.05) is 13.8 Å². The number of amides is 2. The zero-order chi connectivity index (χ0) is 20.8. The first-order valence-corrected chi connectivity index (χ1v) is 9.98. The van der Waals surface area contributed by atoms with Gasteiger partial charge in [0.1, 0.15) is 11.5 Å². The molecule has 0 unspecified atom stereocenters. The van der Waals surface area contributed by atoms with Gasteiger partial charge in [-0.25, -0.2) is 4.39 Å². The molecule has 7 heteroatoms. The molecule has 0 bridgehead atoms. The Morgan fingerprint density at radius 3 is 2.45 bits per heavy atom. The lowest BCUT2D eigenvalue weighted by atomic mass is 10.1. The van der Waals surface area contributed by atoms with Crippen molar-refractivity contribution in [1.29, 1.82) is 0 Å². The fourth-order valence-corrected chi connectivity index (χ4v) is 3.25. The van der Waals surface area contributed by atoms with Gasteiger partial charge in [0.15, 0.2) is 0 Å². The molecule has 6 nitrogen and oxygen atoms in total. The Hall–Kier alpha value is -2.96. The van der Waals surface area contributed by atoms with E-state index in [1.165, 1.54) is 18.3 Å². The molecule has 29 heavy (non-hydrogen) atoms. The number of hydrogen-bond acceptors (Lipinski definition) is 4. The van der Waals surface area contributed by atoms with E-state index in [0.29, 0.717) is 44.2 Å². The molecule has 0 radical (unpaired) electrons. The number of carbonyl (C=O) groups is 2. The van der Waals surface area contributed by atoms with Crippen LogP contribution in [0.3, 0.4) is 0 Å². The average molecular weight is 398 g/mol. The van der Waals surface area contributed by atoms with Crippen LogP contribution in [0, 0.1) is 11.7 Å². The van der Waals surface area contributed by atoms with Crippen molar-refractivity contribution in [2.75, 3.05) is 37.6 Å². The Morgan fingerprint density at radius 1 is 1.10 bits per heavy atom. The first-order valence-electron chi connectivity index (χ1n) is 9.98. The zero-order valence-electron chi connectivity index (χ0n) is 16.9. The molecule has 2 heterocycles. The third-order valence-electron chi connectivity index (χ3n) is 5.01. The number of pyridine rings is 1. The molecule has 1 fully saturated rings. The number of hydrogen-bond donors (Lipinski definition) is 1. The van der Waals surface area contributed by atoms with Crippen LogP contribution in [0.1, 0.15) is 41.1 Å². The van der Waals surface area contributed by atoms with Gasteiger partial charge in [-0.3, -0.25) is 14.6 Å². The fourth-order valence-electron chi connectivity index (χ4n) is 3.25. The van der Waals surface area contributed by atoms with E-state index in [9.17, 15) is 14.0 Å². The Labute approximate surface area is 170 Å². The molecule has 1 aromatic carbocycles. The molecule has 1 aliphatic rings. The SMILES string of the molecule is CC(C)CCNC(=O)c1ccnc(C(=O)N2CCN(c3ccc(F)cc3)CC2)c1. The maximum absolute atomic E-state index is 13.1. The van der Waals surface area contributed by atoms with Crippen LogP contribution < -0.4 is 10.2 Å². The molecule has 2 amide bonds. The molecule has 1 aliphatic heterocycles. The van der Waals surface area contributed by atoms with E-state index >= 15 is 0 Å². The molecule has 0 aliphatic carbocycles. The number of benzene rings is 1. The second kappa shape index (κ2) is 9.49. The highest BCUT2D eigenvalue weighted by Crippen LogP contribution is 2.18. The summed E-state index contributed by atoms with van der Waals surface area (Å²) in [7, 11) is 0. The molecule has 2 aromatic rings. The summed E-state index contributed by atoms with van der Waals surface area (Å²) in [5.74, 6) is -0.121. The fraction of sp³-hybridized carbons (Fsp3) is 0.409. The van der Waals surface area contributed by atoms with Crippen LogP contribution in [0.15, 0.2) is 42.6 Å².